The number of benzene rings is 2. The number of hydrogen-bond acceptors (Lipinski definition) is 5. The van der Waals surface area contributed by atoms with Crippen molar-refractivity contribution in [3.63, 3.8) is 0 Å². The van der Waals surface area contributed by atoms with Crippen molar-refractivity contribution in [3.05, 3.63) is 46.4 Å². The first-order valence-corrected chi connectivity index (χ1v) is 10.1. The minimum absolute atomic E-state index is 0.0916. The highest BCUT2D eigenvalue weighted by atomic mass is 35.5. The molecule has 0 aliphatic carbocycles. The van der Waals surface area contributed by atoms with Crippen LogP contribution < -0.4 is 9.64 Å². The highest BCUT2D eigenvalue weighted by Gasteiger charge is 2.31. The van der Waals surface area contributed by atoms with Crippen molar-refractivity contribution in [1.29, 1.82) is 0 Å². The molecule has 2 aromatic carbocycles. The lowest BCUT2D eigenvalue weighted by Gasteiger charge is -2.35. The Hall–Kier alpha value is -1.67. The molecule has 9 heteroatoms. The Kier molecular flexibility index (Phi) is 5.53. The maximum Gasteiger partial charge on any atom is 0.246 e. The van der Waals surface area contributed by atoms with E-state index in [1.54, 1.807) is 7.11 Å². The van der Waals surface area contributed by atoms with Gasteiger partial charge in [0.2, 0.25) is 10.0 Å². The maximum absolute atomic E-state index is 12.9. The molecule has 6 nitrogen and oxygen atoms in total. The quantitative estimate of drug-likeness (QED) is 0.828. The van der Waals surface area contributed by atoms with Crippen molar-refractivity contribution >= 4 is 38.9 Å². The Morgan fingerprint density at radius 3 is 2.42 bits per heavy atom. The number of piperazine rings is 1. The van der Waals surface area contributed by atoms with Gasteiger partial charge < -0.3 is 14.7 Å². The van der Waals surface area contributed by atoms with E-state index >= 15 is 0 Å². The normalized spacial score (nSPS) is 15.9. The van der Waals surface area contributed by atoms with E-state index in [0.717, 1.165) is 11.4 Å². The fourth-order valence-electron chi connectivity index (χ4n) is 2.87. The van der Waals surface area contributed by atoms with E-state index in [9.17, 15) is 13.5 Å². The van der Waals surface area contributed by atoms with Gasteiger partial charge in [0.1, 0.15) is 10.6 Å². The largest absolute Gasteiger partial charge is 0.505 e. The van der Waals surface area contributed by atoms with Crippen molar-refractivity contribution in [1.82, 2.24) is 4.31 Å². The van der Waals surface area contributed by atoms with Crippen LogP contribution in [0.4, 0.5) is 5.69 Å². The van der Waals surface area contributed by atoms with E-state index in [1.807, 2.05) is 24.3 Å². The van der Waals surface area contributed by atoms with Crippen molar-refractivity contribution in [2.75, 3.05) is 38.2 Å². The number of ether oxygens (including phenoxy) is 1. The summed E-state index contributed by atoms with van der Waals surface area (Å²) in [6, 6.07) is 10.1. The minimum atomic E-state index is -3.89. The summed E-state index contributed by atoms with van der Waals surface area (Å²) < 4.78 is 32.3. The lowest BCUT2D eigenvalue weighted by atomic mass is 10.2. The van der Waals surface area contributed by atoms with Gasteiger partial charge in [-0.25, -0.2) is 8.42 Å². The van der Waals surface area contributed by atoms with E-state index < -0.39 is 15.8 Å². The van der Waals surface area contributed by atoms with Crippen LogP contribution in [0.1, 0.15) is 0 Å². The van der Waals surface area contributed by atoms with Gasteiger partial charge in [-0.2, -0.15) is 4.31 Å². The average molecular weight is 417 g/mol. The van der Waals surface area contributed by atoms with E-state index in [4.69, 9.17) is 27.9 Å². The molecule has 1 aliphatic heterocycles. The summed E-state index contributed by atoms with van der Waals surface area (Å²) in [6.07, 6.45) is 0. The second-order valence-corrected chi connectivity index (χ2v) is 8.58. The minimum Gasteiger partial charge on any atom is -0.505 e. The first-order chi connectivity index (χ1) is 12.3. The first kappa shape index (κ1) is 19.1. The first-order valence-electron chi connectivity index (χ1n) is 7.90. The number of hydrogen-bond donors (Lipinski definition) is 1. The smallest absolute Gasteiger partial charge is 0.246 e. The number of halogens is 2. The predicted molar refractivity (Wildman–Crippen MR) is 102 cm³/mol. The topological polar surface area (TPSA) is 70.1 Å². The molecule has 140 valence electrons. The fourth-order valence-corrected chi connectivity index (χ4v) is 5.04. The molecule has 0 spiro atoms. The summed E-state index contributed by atoms with van der Waals surface area (Å²) in [5.74, 6) is 0.266. The maximum atomic E-state index is 12.9. The van der Waals surface area contributed by atoms with Crippen LogP contribution in [0.2, 0.25) is 10.0 Å². The van der Waals surface area contributed by atoms with Crippen LogP contribution in [-0.2, 0) is 10.0 Å². The number of sulfonamides is 1. The third kappa shape index (κ3) is 3.71. The van der Waals surface area contributed by atoms with Crippen LogP contribution in [0.25, 0.3) is 0 Å². The molecule has 0 unspecified atom stereocenters. The van der Waals surface area contributed by atoms with Crippen LogP contribution in [0, 0.1) is 0 Å². The zero-order valence-corrected chi connectivity index (χ0v) is 16.4. The number of anilines is 1. The molecule has 0 bridgehead atoms. The number of aromatic hydroxyl groups is 1. The second-order valence-electron chi connectivity index (χ2n) is 5.83. The predicted octanol–water partition coefficient (Wildman–Crippen LogP) is 3.22. The van der Waals surface area contributed by atoms with E-state index in [0.29, 0.717) is 13.1 Å². The number of methoxy groups -OCH3 is 1. The molecule has 0 amide bonds. The third-order valence-electron chi connectivity index (χ3n) is 4.27. The van der Waals surface area contributed by atoms with Crippen LogP contribution in [-0.4, -0.2) is 51.1 Å². The molecule has 1 fully saturated rings. The molecule has 3 rings (SSSR count). The van der Waals surface area contributed by atoms with E-state index in [1.165, 1.54) is 16.4 Å². The SMILES string of the molecule is COc1cccc(N2CCN(S(=O)(=O)c3cc(Cl)cc(Cl)c3O)CC2)c1. The van der Waals surface area contributed by atoms with Crippen molar-refractivity contribution in [2.24, 2.45) is 0 Å². The Balaban J connectivity index is 1.79. The Morgan fingerprint density at radius 1 is 1.08 bits per heavy atom. The molecule has 0 atom stereocenters. The highest BCUT2D eigenvalue weighted by Crippen LogP contribution is 2.36. The molecule has 1 heterocycles. The Labute approximate surface area is 162 Å². The summed E-state index contributed by atoms with van der Waals surface area (Å²) in [6.45, 7) is 1.59. The van der Waals surface area contributed by atoms with Gasteiger partial charge in [-0.3, -0.25) is 0 Å². The van der Waals surface area contributed by atoms with Crippen molar-refractivity contribution in [2.45, 2.75) is 4.90 Å². The zero-order valence-electron chi connectivity index (χ0n) is 14.0. The van der Waals surface area contributed by atoms with Gasteiger partial charge in [-0.05, 0) is 24.3 Å². The summed E-state index contributed by atoms with van der Waals surface area (Å²) >= 11 is 11.8. The lowest BCUT2D eigenvalue weighted by Crippen LogP contribution is -2.48. The van der Waals surface area contributed by atoms with Gasteiger partial charge in [-0.15, -0.1) is 0 Å². The van der Waals surface area contributed by atoms with Gasteiger partial charge >= 0.3 is 0 Å². The van der Waals surface area contributed by atoms with Gasteiger partial charge in [0.05, 0.1) is 12.1 Å². The molecule has 1 saturated heterocycles. The van der Waals surface area contributed by atoms with Gasteiger partial charge in [-0.1, -0.05) is 29.3 Å². The average Bonchev–Trinajstić information content (AvgIpc) is 2.64. The molecule has 0 radical (unpaired) electrons. The summed E-state index contributed by atoms with van der Waals surface area (Å²) in [5, 5.41) is 10.1. The van der Waals surface area contributed by atoms with Gasteiger partial charge in [0.25, 0.3) is 0 Å². The summed E-state index contributed by atoms with van der Waals surface area (Å²) in [4.78, 5) is 1.81. The molecule has 2 aromatic rings. The molecular formula is C17H18Cl2N2O4S. The van der Waals surface area contributed by atoms with E-state index in [-0.39, 0.29) is 28.0 Å². The number of phenols is 1. The summed E-state index contributed by atoms with van der Waals surface area (Å²) in [5.41, 5.74) is 0.968. The third-order valence-corrected chi connectivity index (χ3v) is 6.69. The Bertz CT molecular complexity index is 913. The van der Waals surface area contributed by atoms with Crippen molar-refractivity contribution in [3.8, 4) is 11.5 Å². The van der Waals surface area contributed by atoms with Crippen LogP contribution >= 0.6 is 23.2 Å². The number of rotatable bonds is 4. The monoisotopic (exact) mass is 416 g/mol. The Morgan fingerprint density at radius 2 is 1.77 bits per heavy atom. The van der Waals surface area contributed by atoms with Gasteiger partial charge in [0.15, 0.2) is 5.75 Å². The van der Waals surface area contributed by atoms with Crippen LogP contribution in [0.5, 0.6) is 11.5 Å². The fraction of sp³-hybridized carbons (Fsp3) is 0.294. The number of nitrogens with zero attached hydrogens (tertiary/aromatic N) is 2. The lowest BCUT2D eigenvalue weighted by molar-refractivity contribution is 0.380. The second kappa shape index (κ2) is 7.52. The molecule has 0 saturated carbocycles. The molecular weight excluding hydrogens is 399 g/mol. The van der Waals surface area contributed by atoms with E-state index in [2.05, 4.69) is 4.90 Å². The highest BCUT2D eigenvalue weighted by molar-refractivity contribution is 7.89. The molecule has 0 aromatic heterocycles. The van der Waals surface area contributed by atoms with Crippen molar-refractivity contribution < 1.29 is 18.3 Å². The zero-order chi connectivity index (χ0) is 18.9. The summed E-state index contributed by atoms with van der Waals surface area (Å²) in [7, 11) is -2.29. The standard InChI is InChI=1S/C17H18Cl2N2O4S/c1-25-14-4-2-3-13(11-14)20-5-7-21(8-6-20)26(23,24)16-10-12(18)9-15(19)17(16)22/h2-4,9-11,22H,5-8H2,1H3. The molecule has 26 heavy (non-hydrogen) atoms. The molecule has 1 N–H and O–H groups in total. The number of phenolic OH excluding ortho intramolecular Hbond substituents is 1. The van der Waals surface area contributed by atoms with Crippen LogP contribution in [0.3, 0.4) is 0 Å². The van der Waals surface area contributed by atoms with Gasteiger partial charge in [0, 0.05) is 43.0 Å². The molecule has 1 aliphatic rings. The van der Waals surface area contributed by atoms with Crippen LogP contribution in [0.15, 0.2) is 41.3 Å².